The van der Waals surface area contributed by atoms with Crippen LogP contribution in [0.5, 0.6) is 0 Å². The van der Waals surface area contributed by atoms with Crippen molar-refractivity contribution in [2.75, 3.05) is 0 Å². The van der Waals surface area contributed by atoms with Gasteiger partial charge in [0.15, 0.2) is 0 Å². The third-order valence-electron chi connectivity index (χ3n) is 4.32. The monoisotopic (exact) mass is 339 g/mol. The van der Waals surface area contributed by atoms with Crippen LogP contribution in [0.25, 0.3) is 17.0 Å². The van der Waals surface area contributed by atoms with Crippen molar-refractivity contribution in [2.24, 2.45) is 0 Å². The maximum Gasteiger partial charge on any atom is 0.261 e. The molecular weight excluding hydrogens is 326 g/mol. The molecule has 26 heavy (non-hydrogen) atoms. The van der Waals surface area contributed by atoms with E-state index in [0.29, 0.717) is 16.8 Å². The number of benzene rings is 2. The summed E-state index contributed by atoms with van der Waals surface area (Å²) in [6, 6.07) is 18.2. The number of carbonyl (C=O) groups is 2. The Morgan fingerprint density at radius 2 is 1.73 bits per heavy atom. The first-order valence-corrected chi connectivity index (χ1v) is 8.08. The molecule has 124 valence electrons. The average molecular weight is 339 g/mol. The van der Waals surface area contributed by atoms with Crippen molar-refractivity contribution in [3.63, 3.8) is 0 Å². The van der Waals surface area contributed by atoms with Gasteiger partial charge in [0.1, 0.15) is 0 Å². The molecule has 3 aromatic rings. The topological polar surface area (TPSA) is 74.1 Å². The van der Waals surface area contributed by atoms with Gasteiger partial charge in [-0.2, -0.15) is 5.26 Å². The van der Waals surface area contributed by atoms with Crippen molar-refractivity contribution < 1.29 is 9.59 Å². The second kappa shape index (κ2) is 6.26. The van der Waals surface area contributed by atoms with Crippen LogP contribution in [-0.2, 0) is 6.54 Å². The van der Waals surface area contributed by atoms with Gasteiger partial charge in [-0.15, -0.1) is 0 Å². The number of nitriles is 1. The summed E-state index contributed by atoms with van der Waals surface area (Å²) in [7, 11) is 0. The second-order valence-corrected chi connectivity index (χ2v) is 5.97. The lowest BCUT2D eigenvalue weighted by atomic mass is 10.1. The Labute approximate surface area is 149 Å². The number of pyridine rings is 1. The van der Waals surface area contributed by atoms with Crippen molar-refractivity contribution in [3.8, 4) is 6.07 Å². The number of allylic oxidation sites excluding steroid dienone is 1. The molecule has 0 saturated carbocycles. The molecular formula is C21H13N3O2. The van der Waals surface area contributed by atoms with Gasteiger partial charge < -0.3 is 0 Å². The summed E-state index contributed by atoms with van der Waals surface area (Å²) < 4.78 is 0. The minimum atomic E-state index is -0.263. The van der Waals surface area contributed by atoms with Crippen molar-refractivity contribution in [1.29, 1.82) is 5.26 Å². The quantitative estimate of drug-likeness (QED) is 0.540. The first-order chi connectivity index (χ1) is 12.7. The largest absolute Gasteiger partial charge is 0.270 e. The van der Waals surface area contributed by atoms with Crippen LogP contribution in [0.15, 0.2) is 60.7 Å². The zero-order chi connectivity index (χ0) is 18.1. The second-order valence-electron chi connectivity index (χ2n) is 5.97. The van der Waals surface area contributed by atoms with Gasteiger partial charge >= 0.3 is 0 Å². The summed E-state index contributed by atoms with van der Waals surface area (Å²) in [4.78, 5) is 30.7. The SMILES string of the molecule is N#C/C=C/c1ccc2cc(CN3C(=O)c4ccccc4C3=O)ccc2n1. The zero-order valence-corrected chi connectivity index (χ0v) is 13.7. The van der Waals surface area contributed by atoms with E-state index in [2.05, 4.69) is 4.98 Å². The molecule has 1 aliphatic rings. The van der Waals surface area contributed by atoms with Crippen LogP contribution in [0, 0.1) is 11.3 Å². The molecule has 5 nitrogen and oxygen atoms in total. The highest BCUT2D eigenvalue weighted by atomic mass is 16.2. The van der Waals surface area contributed by atoms with E-state index >= 15 is 0 Å². The van der Waals surface area contributed by atoms with Gasteiger partial charge in [-0.3, -0.25) is 14.5 Å². The standard InChI is InChI=1S/C21H13N3O2/c22-11-3-4-16-9-8-15-12-14(7-10-19(15)23-16)13-24-20(25)17-5-1-2-6-18(17)21(24)26/h1-10,12H,13H2/b4-3+. The number of nitrogens with zero attached hydrogens (tertiary/aromatic N) is 3. The summed E-state index contributed by atoms with van der Waals surface area (Å²) >= 11 is 0. The highest BCUT2D eigenvalue weighted by Gasteiger charge is 2.34. The first kappa shape index (κ1) is 15.7. The number of hydrogen-bond donors (Lipinski definition) is 0. The molecule has 2 aromatic carbocycles. The molecule has 2 amide bonds. The molecule has 0 fully saturated rings. The van der Waals surface area contributed by atoms with E-state index in [1.165, 1.54) is 11.0 Å². The third-order valence-corrected chi connectivity index (χ3v) is 4.32. The number of fused-ring (bicyclic) bond motifs is 2. The van der Waals surface area contributed by atoms with E-state index < -0.39 is 0 Å². The van der Waals surface area contributed by atoms with Crippen LogP contribution in [0.2, 0.25) is 0 Å². The predicted octanol–water partition coefficient (Wildman–Crippen LogP) is 3.57. The summed E-state index contributed by atoms with van der Waals surface area (Å²) in [5, 5.41) is 9.51. The summed E-state index contributed by atoms with van der Waals surface area (Å²) in [6.45, 7) is 0.221. The molecule has 1 aromatic heterocycles. The Kier molecular flexibility index (Phi) is 3.79. The molecule has 0 saturated heterocycles. The van der Waals surface area contributed by atoms with Gasteiger partial charge in [-0.1, -0.05) is 24.3 Å². The lowest BCUT2D eigenvalue weighted by Crippen LogP contribution is -2.29. The maximum atomic E-state index is 12.5. The van der Waals surface area contributed by atoms with Crippen LogP contribution in [-0.4, -0.2) is 21.7 Å². The van der Waals surface area contributed by atoms with E-state index in [1.807, 2.05) is 36.4 Å². The molecule has 0 bridgehead atoms. The summed E-state index contributed by atoms with van der Waals surface area (Å²) in [5.41, 5.74) is 3.25. The van der Waals surface area contributed by atoms with Crippen LogP contribution in [0.3, 0.4) is 0 Å². The molecule has 0 unspecified atom stereocenters. The smallest absolute Gasteiger partial charge is 0.261 e. The number of carbonyl (C=O) groups excluding carboxylic acids is 2. The normalized spacial score (nSPS) is 13.4. The lowest BCUT2D eigenvalue weighted by molar-refractivity contribution is 0.0642. The Morgan fingerprint density at radius 3 is 2.42 bits per heavy atom. The Balaban J connectivity index is 1.62. The third kappa shape index (κ3) is 2.64. The number of amides is 2. The minimum Gasteiger partial charge on any atom is -0.270 e. The Morgan fingerprint density at radius 1 is 1.00 bits per heavy atom. The van der Waals surface area contributed by atoms with Gasteiger partial charge in [0, 0.05) is 11.5 Å². The highest BCUT2D eigenvalue weighted by molar-refractivity contribution is 6.21. The van der Waals surface area contributed by atoms with E-state index in [9.17, 15) is 9.59 Å². The molecule has 5 heteroatoms. The minimum absolute atomic E-state index is 0.221. The van der Waals surface area contributed by atoms with Crippen LogP contribution in [0.1, 0.15) is 32.0 Å². The van der Waals surface area contributed by atoms with Crippen LogP contribution in [0.4, 0.5) is 0 Å². The lowest BCUT2D eigenvalue weighted by Gasteiger charge is -2.14. The number of hydrogen-bond acceptors (Lipinski definition) is 4. The van der Waals surface area contributed by atoms with E-state index in [0.717, 1.165) is 16.5 Å². The number of imide groups is 1. The van der Waals surface area contributed by atoms with Gasteiger partial charge in [-0.05, 0) is 42.0 Å². The fourth-order valence-corrected chi connectivity index (χ4v) is 3.07. The van der Waals surface area contributed by atoms with Crippen LogP contribution >= 0.6 is 0 Å². The zero-order valence-electron chi connectivity index (χ0n) is 13.7. The molecule has 0 atom stereocenters. The molecule has 1 aliphatic heterocycles. The van der Waals surface area contributed by atoms with Crippen molar-refractivity contribution in [1.82, 2.24) is 9.88 Å². The molecule has 0 spiro atoms. The molecule has 0 radical (unpaired) electrons. The summed E-state index contributed by atoms with van der Waals surface area (Å²) in [5.74, 6) is -0.526. The fourth-order valence-electron chi connectivity index (χ4n) is 3.07. The van der Waals surface area contributed by atoms with E-state index in [4.69, 9.17) is 5.26 Å². The predicted molar refractivity (Wildman–Crippen MR) is 97.0 cm³/mol. The Bertz CT molecular complexity index is 1090. The van der Waals surface area contributed by atoms with Gasteiger partial charge in [-0.25, -0.2) is 4.98 Å². The van der Waals surface area contributed by atoms with Crippen molar-refractivity contribution >= 4 is 28.8 Å². The van der Waals surface area contributed by atoms with Crippen molar-refractivity contribution in [2.45, 2.75) is 6.54 Å². The maximum absolute atomic E-state index is 12.5. The van der Waals surface area contributed by atoms with Gasteiger partial charge in [0.25, 0.3) is 11.8 Å². The summed E-state index contributed by atoms with van der Waals surface area (Å²) in [6.07, 6.45) is 3.02. The molecule has 4 rings (SSSR count). The molecule has 0 N–H and O–H groups in total. The van der Waals surface area contributed by atoms with E-state index in [-0.39, 0.29) is 18.4 Å². The highest BCUT2D eigenvalue weighted by Crippen LogP contribution is 2.25. The van der Waals surface area contributed by atoms with Gasteiger partial charge in [0.05, 0.1) is 35.0 Å². The average Bonchev–Trinajstić information content (AvgIpc) is 2.91. The van der Waals surface area contributed by atoms with Crippen molar-refractivity contribution in [3.05, 3.63) is 83.1 Å². The van der Waals surface area contributed by atoms with Gasteiger partial charge in [0.2, 0.25) is 0 Å². The number of rotatable bonds is 3. The number of aromatic nitrogens is 1. The molecule has 0 aliphatic carbocycles. The Hall–Kier alpha value is -3.78. The van der Waals surface area contributed by atoms with E-state index in [1.54, 1.807) is 30.3 Å². The molecule has 2 heterocycles. The van der Waals surface area contributed by atoms with Crippen LogP contribution < -0.4 is 0 Å². The first-order valence-electron chi connectivity index (χ1n) is 8.08. The fraction of sp³-hybridized carbons (Fsp3) is 0.0476.